The van der Waals surface area contributed by atoms with Crippen molar-refractivity contribution in [3.05, 3.63) is 0 Å². The fourth-order valence-corrected chi connectivity index (χ4v) is 0.789. The molecule has 0 aliphatic carbocycles. The van der Waals surface area contributed by atoms with E-state index in [4.69, 9.17) is 4.74 Å². The molecule has 0 bridgehead atoms. The third kappa shape index (κ3) is 1.44. The van der Waals surface area contributed by atoms with E-state index in [1.54, 1.807) is 0 Å². The highest BCUT2D eigenvalue weighted by atomic mass is 16.5. The molecule has 52 valence electrons. The van der Waals surface area contributed by atoms with Gasteiger partial charge in [-0.2, -0.15) is 0 Å². The van der Waals surface area contributed by atoms with Crippen LogP contribution in [0.2, 0.25) is 0 Å². The Morgan fingerprint density at radius 3 is 2.33 bits per heavy atom. The van der Waals surface area contributed by atoms with Gasteiger partial charge in [0.1, 0.15) is 6.61 Å². The smallest absolute Gasteiger partial charge is 0.188 e. The van der Waals surface area contributed by atoms with Crippen molar-refractivity contribution >= 4 is 5.90 Å². The number of nitrogens with zero attached hydrogens (tertiary/aromatic N) is 1. The van der Waals surface area contributed by atoms with Gasteiger partial charge in [0.15, 0.2) is 5.90 Å². The lowest BCUT2D eigenvalue weighted by molar-refractivity contribution is 0.302. The molecule has 0 radical (unpaired) electrons. The maximum atomic E-state index is 5.27. The highest BCUT2D eigenvalue weighted by Gasteiger charge is 2.22. The number of hydrogen-bond donors (Lipinski definition) is 0. The van der Waals surface area contributed by atoms with Crippen molar-refractivity contribution < 1.29 is 4.74 Å². The standard InChI is InChI=1S/C7H13NO/c1-7(2,3)6-8-4-5-9-6/h4-5H2,1-3H3. The summed E-state index contributed by atoms with van der Waals surface area (Å²) in [6.07, 6.45) is 0. The third-order valence-corrected chi connectivity index (χ3v) is 1.23. The van der Waals surface area contributed by atoms with Gasteiger partial charge in [-0.15, -0.1) is 0 Å². The van der Waals surface area contributed by atoms with Crippen LogP contribution < -0.4 is 0 Å². The Morgan fingerprint density at radius 1 is 1.44 bits per heavy atom. The summed E-state index contributed by atoms with van der Waals surface area (Å²) in [7, 11) is 0. The van der Waals surface area contributed by atoms with Crippen molar-refractivity contribution in [2.45, 2.75) is 20.8 Å². The molecule has 1 rings (SSSR count). The lowest BCUT2D eigenvalue weighted by Gasteiger charge is -2.16. The summed E-state index contributed by atoms with van der Waals surface area (Å²) in [5.41, 5.74) is 0.108. The zero-order valence-corrected chi connectivity index (χ0v) is 6.27. The van der Waals surface area contributed by atoms with Crippen LogP contribution in [0.15, 0.2) is 4.99 Å². The first kappa shape index (κ1) is 6.59. The molecule has 2 nitrogen and oxygen atoms in total. The molecular weight excluding hydrogens is 114 g/mol. The number of aliphatic imine (C=N–C) groups is 1. The van der Waals surface area contributed by atoms with E-state index in [9.17, 15) is 0 Å². The Labute approximate surface area is 55.9 Å². The lowest BCUT2D eigenvalue weighted by atomic mass is 9.97. The quantitative estimate of drug-likeness (QED) is 0.482. The summed E-state index contributed by atoms with van der Waals surface area (Å²) in [6, 6.07) is 0. The Hall–Kier alpha value is -0.530. The molecule has 0 fully saturated rings. The van der Waals surface area contributed by atoms with Gasteiger partial charge in [0, 0.05) is 5.41 Å². The molecule has 0 saturated heterocycles. The molecule has 0 aromatic heterocycles. The molecule has 0 N–H and O–H groups in total. The summed E-state index contributed by atoms with van der Waals surface area (Å²) >= 11 is 0. The maximum Gasteiger partial charge on any atom is 0.188 e. The Morgan fingerprint density at radius 2 is 2.11 bits per heavy atom. The van der Waals surface area contributed by atoms with E-state index >= 15 is 0 Å². The van der Waals surface area contributed by atoms with E-state index in [0.717, 1.165) is 19.0 Å². The molecule has 0 atom stereocenters. The van der Waals surface area contributed by atoms with Crippen LogP contribution in [0, 0.1) is 5.41 Å². The van der Waals surface area contributed by atoms with Gasteiger partial charge in [0.05, 0.1) is 6.54 Å². The van der Waals surface area contributed by atoms with Crippen LogP contribution >= 0.6 is 0 Å². The first-order valence-corrected chi connectivity index (χ1v) is 3.28. The average Bonchev–Trinajstić information content (AvgIpc) is 2.08. The molecule has 0 aromatic rings. The van der Waals surface area contributed by atoms with E-state index < -0.39 is 0 Å². The van der Waals surface area contributed by atoms with Gasteiger partial charge in [-0.25, -0.2) is 0 Å². The molecule has 1 aliphatic rings. The van der Waals surface area contributed by atoms with E-state index in [1.807, 2.05) is 0 Å². The minimum absolute atomic E-state index is 0.108. The van der Waals surface area contributed by atoms with Crippen LogP contribution in [0.1, 0.15) is 20.8 Å². The average molecular weight is 127 g/mol. The van der Waals surface area contributed by atoms with Gasteiger partial charge in [0.2, 0.25) is 0 Å². The number of rotatable bonds is 0. The first-order valence-electron chi connectivity index (χ1n) is 3.28. The van der Waals surface area contributed by atoms with Gasteiger partial charge in [-0.1, -0.05) is 20.8 Å². The molecule has 1 heterocycles. The molecule has 0 unspecified atom stereocenters. The molecule has 1 aliphatic heterocycles. The highest BCUT2D eigenvalue weighted by Crippen LogP contribution is 2.19. The topological polar surface area (TPSA) is 21.6 Å². The summed E-state index contributed by atoms with van der Waals surface area (Å²) < 4.78 is 5.27. The van der Waals surface area contributed by atoms with E-state index in [2.05, 4.69) is 25.8 Å². The van der Waals surface area contributed by atoms with E-state index in [0.29, 0.717) is 0 Å². The second-order valence-corrected chi connectivity index (χ2v) is 3.29. The van der Waals surface area contributed by atoms with E-state index in [1.165, 1.54) is 0 Å². The molecular formula is C7H13NO. The monoisotopic (exact) mass is 127 g/mol. The van der Waals surface area contributed by atoms with Crippen LogP contribution in [0.25, 0.3) is 0 Å². The zero-order chi connectivity index (χ0) is 6.91. The molecule has 9 heavy (non-hydrogen) atoms. The Kier molecular flexibility index (Phi) is 1.47. The van der Waals surface area contributed by atoms with Crippen molar-refractivity contribution in [1.82, 2.24) is 0 Å². The molecule has 2 heteroatoms. The lowest BCUT2D eigenvalue weighted by Crippen LogP contribution is -2.20. The molecule has 0 spiro atoms. The summed E-state index contributed by atoms with van der Waals surface area (Å²) in [5.74, 6) is 0.905. The molecule has 0 amide bonds. The highest BCUT2D eigenvalue weighted by molar-refractivity contribution is 5.82. The zero-order valence-electron chi connectivity index (χ0n) is 6.27. The normalized spacial score (nSPS) is 19.2. The SMILES string of the molecule is CC(C)(C)C1=NCCO1. The van der Waals surface area contributed by atoms with Crippen molar-refractivity contribution in [2.24, 2.45) is 10.4 Å². The minimum atomic E-state index is 0.108. The molecule has 0 aromatic carbocycles. The number of hydrogen-bond acceptors (Lipinski definition) is 2. The van der Waals surface area contributed by atoms with Crippen LogP contribution in [0.4, 0.5) is 0 Å². The Balaban J connectivity index is 2.61. The van der Waals surface area contributed by atoms with E-state index in [-0.39, 0.29) is 5.41 Å². The predicted molar refractivity (Wildman–Crippen MR) is 37.7 cm³/mol. The third-order valence-electron chi connectivity index (χ3n) is 1.23. The van der Waals surface area contributed by atoms with Crippen molar-refractivity contribution in [3.63, 3.8) is 0 Å². The fourth-order valence-electron chi connectivity index (χ4n) is 0.789. The van der Waals surface area contributed by atoms with Crippen LogP contribution in [-0.2, 0) is 4.74 Å². The summed E-state index contributed by atoms with van der Waals surface area (Å²) in [5, 5.41) is 0. The van der Waals surface area contributed by atoms with Gasteiger partial charge < -0.3 is 4.74 Å². The van der Waals surface area contributed by atoms with Crippen molar-refractivity contribution in [3.8, 4) is 0 Å². The minimum Gasteiger partial charge on any atom is -0.479 e. The van der Waals surface area contributed by atoms with Gasteiger partial charge in [0.25, 0.3) is 0 Å². The van der Waals surface area contributed by atoms with Gasteiger partial charge >= 0.3 is 0 Å². The van der Waals surface area contributed by atoms with Crippen LogP contribution in [-0.4, -0.2) is 19.0 Å². The van der Waals surface area contributed by atoms with Crippen molar-refractivity contribution in [2.75, 3.05) is 13.2 Å². The second-order valence-electron chi connectivity index (χ2n) is 3.29. The van der Waals surface area contributed by atoms with Gasteiger partial charge in [-0.05, 0) is 0 Å². The second kappa shape index (κ2) is 2.01. The fraction of sp³-hybridized carbons (Fsp3) is 0.857. The van der Waals surface area contributed by atoms with Crippen LogP contribution in [0.5, 0.6) is 0 Å². The Bertz CT molecular complexity index is 132. The largest absolute Gasteiger partial charge is 0.479 e. The number of ether oxygens (including phenoxy) is 1. The van der Waals surface area contributed by atoms with Crippen molar-refractivity contribution in [1.29, 1.82) is 0 Å². The van der Waals surface area contributed by atoms with Crippen LogP contribution in [0.3, 0.4) is 0 Å². The summed E-state index contributed by atoms with van der Waals surface area (Å²) in [4.78, 5) is 4.20. The molecule has 0 saturated carbocycles. The predicted octanol–water partition coefficient (Wildman–Crippen LogP) is 1.46. The first-order chi connectivity index (χ1) is 4.11. The van der Waals surface area contributed by atoms with Gasteiger partial charge in [-0.3, -0.25) is 4.99 Å². The maximum absolute atomic E-state index is 5.27. The summed E-state index contributed by atoms with van der Waals surface area (Å²) in [6.45, 7) is 7.94.